The summed E-state index contributed by atoms with van der Waals surface area (Å²) in [5, 5.41) is 5.37. The van der Waals surface area contributed by atoms with Gasteiger partial charge < -0.3 is 14.8 Å². The Hall–Kier alpha value is -2.95. The largest absolute Gasteiger partial charge is 0.447 e. The summed E-state index contributed by atoms with van der Waals surface area (Å²) in [6, 6.07) is 13.3. The zero-order valence-corrected chi connectivity index (χ0v) is 18.6. The van der Waals surface area contributed by atoms with Gasteiger partial charge in [0.05, 0.1) is 11.5 Å². The van der Waals surface area contributed by atoms with Crippen molar-refractivity contribution in [3.8, 4) is 0 Å². The molecule has 0 saturated heterocycles. The van der Waals surface area contributed by atoms with E-state index in [4.69, 9.17) is 9.47 Å². The molecule has 0 unspecified atom stereocenters. The molecule has 1 saturated carbocycles. The molecule has 9 nitrogen and oxygen atoms in total. The molecule has 10 heteroatoms. The zero-order valence-electron chi connectivity index (χ0n) is 17.8. The molecule has 0 atom stereocenters. The third-order valence-electron chi connectivity index (χ3n) is 4.69. The highest BCUT2D eigenvalue weighted by atomic mass is 32.2. The van der Waals surface area contributed by atoms with Crippen molar-refractivity contribution >= 4 is 33.4 Å². The van der Waals surface area contributed by atoms with Crippen molar-refractivity contribution < 1.29 is 27.5 Å². The van der Waals surface area contributed by atoms with Crippen molar-refractivity contribution in [1.82, 2.24) is 4.72 Å². The van der Waals surface area contributed by atoms with E-state index in [0.717, 1.165) is 18.4 Å². The van der Waals surface area contributed by atoms with E-state index in [1.54, 1.807) is 48.5 Å². The Morgan fingerprint density at radius 3 is 2.34 bits per heavy atom. The minimum atomic E-state index is -3.48. The SMILES string of the molecule is COCCOC(=O)Nc1cccc(NC(=O)CCc2ccc(S(=O)(=O)NC3CC3)cc2)c1. The van der Waals surface area contributed by atoms with Crippen LogP contribution in [-0.2, 0) is 30.7 Å². The van der Waals surface area contributed by atoms with Gasteiger partial charge in [0.1, 0.15) is 6.61 Å². The van der Waals surface area contributed by atoms with E-state index in [1.807, 2.05) is 0 Å². The van der Waals surface area contributed by atoms with E-state index in [2.05, 4.69) is 15.4 Å². The summed E-state index contributed by atoms with van der Waals surface area (Å²) in [6.45, 7) is 0.447. The first kappa shape index (κ1) is 23.7. The predicted octanol–water partition coefficient (Wildman–Crippen LogP) is 2.89. The number of hydrogen-bond acceptors (Lipinski definition) is 6. The third-order valence-corrected chi connectivity index (χ3v) is 6.22. The number of nitrogens with one attached hydrogen (secondary N) is 3. The highest BCUT2D eigenvalue weighted by molar-refractivity contribution is 7.89. The molecule has 2 aromatic rings. The number of rotatable bonds is 11. The monoisotopic (exact) mass is 461 g/mol. The number of anilines is 2. The summed E-state index contributed by atoms with van der Waals surface area (Å²) in [7, 11) is -1.97. The van der Waals surface area contributed by atoms with Crippen LogP contribution in [0.25, 0.3) is 0 Å². The van der Waals surface area contributed by atoms with Gasteiger partial charge in [-0.2, -0.15) is 0 Å². The molecule has 1 aliphatic carbocycles. The van der Waals surface area contributed by atoms with Crippen LogP contribution >= 0.6 is 0 Å². The fourth-order valence-corrected chi connectivity index (χ4v) is 4.16. The van der Waals surface area contributed by atoms with Crippen LogP contribution in [0, 0.1) is 0 Å². The summed E-state index contributed by atoms with van der Waals surface area (Å²) in [6.07, 6.45) is 1.84. The van der Waals surface area contributed by atoms with Crippen molar-refractivity contribution in [3.63, 3.8) is 0 Å². The smallest absolute Gasteiger partial charge is 0.411 e. The van der Waals surface area contributed by atoms with Crippen LogP contribution in [0.1, 0.15) is 24.8 Å². The normalized spacial score (nSPS) is 13.4. The second kappa shape index (κ2) is 11.1. The Labute approximate surface area is 187 Å². The lowest BCUT2D eigenvalue weighted by Gasteiger charge is -2.10. The van der Waals surface area contributed by atoms with Gasteiger partial charge in [0.2, 0.25) is 15.9 Å². The first-order valence-corrected chi connectivity index (χ1v) is 11.8. The molecule has 3 N–H and O–H groups in total. The van der Waals surface area contributed by atoms with Crippen LogP contribution in [0.4, 0.5) is 16.2 Å². The Morgan fingerprint density at radius 1 is 1.00 bits per heavy atom. The predicted molar refractivity (Wildman–Crippen MR) is 120 cm³/mol. The molecule has 0 heterocycles. The lowest BCUT2D eigenvalue weighted by Crippen LogP contribution is -2.25. The lowest BCUT2D eigenvalue weighted by atomic mass is 10.1. The van der Waals surface area contributed by atoms with Crippen LogP contribution in [0.2, 0.25) is 0 Å². The number of ether oxygens (including phenoxy) is 2. The molecule has 0 aromatic heterocycles. The lowest BCUT2D eigenvalue weighted by molar-refractivity contribution is -0.116. The van der Waals surface area contributed by atoms with Gasteiger partial charge in [-0.15, -0.1) is 0 Å². The van der Waals surface area contributed by atoms with Crippen molar-refractivity contribution in [2.24, 2.45) is 0 Å². The standard InChI is InChI=1S/C22H27N3O6S/c1-30-13-14-31-22(27)24-19-4-2-3-18(15-19)23-21(26)12-7-16-5-10-20(11-6-16)32(28,29)25-17-8-9-17/h2-6,10-11,15,17,25H,7-9,12-14H2,1H3,(H,23,26)(H,24,27). The summed E-state index contributed by atoms with van der Waals surface area (Å²) >= 11 is 0. The van der Waals surface area contributed by atoms with Crippen molar-refractivity contribution in [2.75, 3.05) is 31.0 Å². The third kappa shape index (κ3) is 7.63. The second-order valence-electron chi connectivity index (χ2n) is 7.42. The molecule has 32 heavy (non-hydrogen) atoms. The quantitative estimate of drug-likeness (QED) is 0.442. The molecule has 172 valence electrons. The van der Waals surface area contributed by atoms with E-state index in [9.17, 15) is 18.0 Å². The van der Waals surface area contributed by atoms with Gasteiger partial charge in [0.15, 0.2) is 0 Å². The number of carbonyl (C=O) groups is 2. The number of methoxy groups -OCH3 is 1. The first-order valence-electron chi connectivity index (χ1n) is 10.3. The number of benzene rings is 2. The maximum atomic E-state index is 12.3. The molecular formula is C22H27N3O6S. The zero-order chi connectivity index (χ0) is 23.0. The summed E-state index contributed by atoms with van der Waals surface area (Å²) in [5.41, 5.74) is 1.89. The van der Waals surface area contributed by atoms with Gasteiger partial charge in [-0.3, -0.25) is 10.1 Å². The van der Waals surface area contributed by atoms with E-state index in [-0.39, 0.29) is 29.9 Å². The van der Waals surface area contributed by atoms with Crippen LogP contribution in [-0.4, -0.2) is 46.8 Å². The van der Waals surface area contributed by atoms with Crippen LogP contribution < -0.4 is 15.4 Å². The Balaban J connectivity index is 1.47. The maximum Gasteiger partial charge on any atom is 0.411 e. The van der Waals surface area contributed by atoms with Gasteiger partial charge in [-0.1, -0.05) is 18.2 Å². The molecule has 2 amide bonds. The van der Waals surface area contributed by atoms with Gasteiger partial charge >= 0.3 is 6.09 Å². The van der Waals surface area contributed by atoms with E-state index < -0.39 is 16.1 Å². The molecule has 0 bridgehead atoms. The van der Waals surface area contributed by atoms with Crippen molar-refractivity contribution in [1.29, 1.82) is 0 Å². The number of sulfonamides is 1. The number of aryl methyl sites for hydroxylation is 1. The van der Waals surface area contributed by atoms with E-state index in [0.29, 0.717) is 24.4 Å². The number of carbonyl (C=O) groups excluding carboxylic acids is 2. The molecule has 1 aliphatic rings. The number of hydrogen-bond donors (Lipinski definition) is 3. The van der Waals surface area contributed by atoms with E-state index in [1.165, 1.54) is 7.11 Å². The van der Waals surface area contributed by atoms with Crippen molar-refractivity contribution in [2.45, 2.75) is 36.6 Å². The van der Waals surface area contributed by atoms with E-state index >= 15 is 0 Å². The molecule has 1 fully saturated rings. The summed E-state index contributed by atoms with van der Waals surface area (Å²) in [5.74, 6) is -0.197. The fourth-order valence-electron chi connectivity index (χ4n) is 2.85. The van der Waals surface area contributed by atoms with Crippen LogP contribution in [0.3, 0.4) is 0 Å². The van der Waals surface area contributed by atoms with Gasteiger partial charge in [-0.05, 0) is 55.2 Å². The van der Waals surface area contributed by atoms with Crippen molar-refractivity contribution in [3.05, 3.63) is 54.1 Å². The fraction of sp³-hybridized carbons (Fsp3) is 0.364. The molecule has 3 rings (SSSR count). The van der Waals surface area contributed by atoms with Gasteiger partial charge in [0.25, 0.3) is 0 Å². The molecular weight excluding hydrogens is 434 g/mol. The molecule has 0 radical (unpaired) electrons. The summed E-state index contributed by atoms with van der Waals surface area (Å²) in [4.78, 5) is 24.2. The first-order chi connectivity index (χ1) is 15.4. The highest BCUT2D eigenvalue weighted by Gasteiger charge is 2.27. The van der Waals surface area contributed by atoms with Gasteiger partial charge in [0, 0.05) is 30.9 Å². The Kier molecular flexibility index (Phi) is 8.20. The highest BCUT2D eigenvalue weighted by Crippen LogP contribution is 2.22. The molecule has 0 spiro atoms. The maximum absolute atomic E-state index is 12.3. The Bertz CT molecular complexity index is 1040. The van der Waals surface area contributed by atoms with Gasteiger partial charge in [-0.25, -0.2) is 17.9 Å². The second-order valence-corrected chi connectivity index (χ2v) is 9.14. The average molecular weight is 462 g/mol. The topological polar surface area (TPSA) is 123 Å². The summed E-state index contributed by atoms with van der Waals surface area (Å²) < 4.78 is 36.8. The number of amides is 2. The Morgan fingerprint density at radius 2 is 1.69 bits per heavy atom. The minimum absolute atomic E-state index is 0.0541. The average Bonchev–Trinajstić information content (AvgIpc) is 3.56. The molecule has 2 aromatic carbocycles. The van der Waals surface area contributed by atoms with Crippen LogP contribution in [0.5, 0.6) is 0 Å². The van der Waals surface area contributed by atoms with Crippen LogP contribution in [0.15, 0.2) is 53.4 Å². The minimum Gasteiger partial charge on any atom is -0.447 e. The molecule has 0 aliphatic heterocycles.